The molecule has 0 aromatic carbocycles. The lowest BCUT2D eigenvalue weighted by molar-refractivity contribution is 0.148. The van der Waals surface area contributed by atoms with E-state index < -0.39 is 0 Å². The summed E-state index contributed by atoms with van der Waals surface area (Å²) in [5.74, 6) is 0. The Hall–Kier alpha value is -0.940. The van der Waals surface area contributed by atoms with Crippen LogP contribution in [0.25, 0.3) is 0 Å². The topological polar surface area (TPSA) is 80.9 Å². The van der Waals surface area contributed by atoms with E-state index in [1.807, 2.05) is 20.8 Å². The maximum Gasteiger partial charge on any atom is 0.0662 e. The van der Waals surface area contributed by atoms with E-state index in [9.17, 15) is 0 Å². The molecule has 0 saturated carbocycles. The van der Waals surface area contributed by atoms with Crippen molar-refractivity contribution in [2.45, 2.75) is 40.2 Å². The molecule has 0 bridgehead atoms. The quantitative estimate of drug-likeness (QED) is 0.597. The molecule has 0 aliphatic heterocycles. The summed E-state index contributed by atoms with van der Waals surface area (Å²) < 4.78 is 0. The van der Waals surface area contributed by atoms with Crippen molar-refractivity contribution in [2.24, 2.45) is 0 Å². The van der Waals surface area contributed by atoms with Crippen LogP contribution < -0.4 is 0 Å². The predicted octanol–water partition coefficient (Wildman–Crippen LogP) is 2.30. The molecular formula is C15H34O4. The molecule has 0 aromatic heterocycles. The average molecular weight is 278 g/mol. The van der Waals surface area contributed by atoms with Gasteiger partial charge in [-0.05, 0) is 34.1 Å². The van der Waals surface area contributed by atoms with Gasteiger partial charge in [-0.2, -0.15) is 0 Å². The van der Waals surface area contributed by atoms with Gasteiger partial charge in [0.05, 0.1) is 19.3 Å². The summed E-state index contributed by atoms with van der Waals surface area (Å²) >= 11 is 0. The summed E-state index contributed by atoms with van der Waals surface area (Å²) in [6.07, 6.45) is 5.38. The summed E-state index contributed by atoms with van der Waals surface area (Å²) in [6.45, 7) is 17.2. The van der Waals surface area contributed by atoms with Crippen LogP contribution in [-0.2, 0) is 0 Å². The Balaban J connectivity index is -0.0000000448. The number of hydrogen-bond acceptors (Lipinski definition) is 4. The van der Waals surface area contributed by atoms with E-state index in [0.29, 0.717) is 6.42 Å². The fourth-order valence-electron chi connectivity index (χ4n) is 0.187. The van der Waals surface area contributed by atoms with Crippen molar-refractivity contribution in [2.75, 3.05) is 19.8 Å². The van der Waals surface area contributed by atoms with Gasteiger partial charge in [0.1, 0.15) is 0 Å². The highest BCUT2D eigenvalue weighted by atomic mass is 16.3. The third-order valence-corrected chi connectivity index (χ3v) is 0.647. The van der Waals surface area contributed by atoms with Crippen molar-refractivity contribution < 1.29 is 20.4 Å². The molecule has 1 unspecified atom stereocenters. The van der Waals surface area contributed by atoms with Crippen LogP contribution in [0.1, 0.15) is 34.1 Å². The summed E-state index contributed by atoms with van der Waals surface area (Å²) in [6, 6.07) is 0. The smallest absolute Gasteiger partial charge is 0.0662 e. The van der Waals surface area contributed by atoms with Crippen molar-refractivity contribution in [3.63, 3.8) is 0 Å². The highest BCUT2D eigenvalue weighted by Gasteiger charge is 1.88. The molecule has 0 aliphatic rings. The van der Waals surface area contributed by atoms with Crippen molar-refractivity contribution >= 4 is 0 Å². The Morgan fingerprint density at radius 3 is 1.00 bits per heavy atom. The Morgan fingerprint density at radius 1 is 0.789 bits per heavy atom. The van der Waals surface area contributed by atoms with Gasteiger partial charge in [0, 0.05) is 6.61 Å². The van der Waals surface area contributed by atoms with Gasteiger partial charge in [0.25, 0.3) is 0 Å². The number of hydrogen-bond donors (Lipinski definition) is 4. The van der Waals surface area contributed by atoms with Gasteiger partial charge in [-0.15, -0.1) is 19.7 Å². The molecule has 4 N–H and O–H groups in total. The van der Waals surface area contributed by atoms with E-state index in [4.69, 9.17) is 20.4 Å². The van der Waals surface area contributed by atoms with Gasteiger partial charge in [0.2, 0.25) is 0 Å². The summed E-state index contributed by atoms with van der Waals surface area (Å²) in [4.78, 5) is 0. The highest BCUT2D eigenvalue weighted by molar-refractivity contribution is 4.52. The molecule has 0 amide bonds. The average Bonchev–Trinajstić information content (AvgIpc) is 2.32. The fraction of sp³-hybridized carbons (Fsp3) is 0.600. The lowest BCUT2D eigenvalue weighted by atomic mass is 10.3. The number of aliphatic hydroxyl groups is 4. The number of allylic oxidation sites excluding steroid dienone is 3. The summed E-state index contributed by atoms with van der Waals surface area (Å²) in [5, 5.41) is 31.7. The molecule has 0 rings (SSSR count). The summed E-state index contributed by atoms with van der Waals surface area (Å²) in [7, 11) is 0. The molecule has 4 heteroatoms. The number of rotatable bonds is 3. The zero-order chi connectivity index (χ0) is 16.5. The maximum absolute atomic E-state index is 8.39. The second kappa shape index (κ2) is 53.6. The first-order valence-electron chi connectivity index (χ1n) is 6.15. The van der Waals surface area contributed by atoms with Gasteiger partial charge >= 0.3 is 0 Å². The molecule has 0 aromatic rings. The first-order valence-corrected chi connectivity index (χ1v) is 6.15. The Bertz CT molecular complexity index is 118. The third kappa shape index (κ3) is 413. The van der Waals surface area contributed by atoms with Crippen LogP contribution in [0.15, 0.2) is 38.0 Å². The largest absolute Gasteiger partial charge is 0.396 e. The lowest BCUT2D eigenvalue weighted by Crippen LogP contribution is -2.00. The standard InChI is InChI=1S/C4H10O2.3C3H6.C2H6O2/c1-4(6)2-3-5;3*1-3-2;3-1-2-4/h4-6H,2-3H2,1H3;3*3H,1H2,2H3;3-4H,1-2H2. The molecule has 0 saturated heterocycles. The molecule has 0 fully saturated rings. The van der Waals surface area contributed by atoms with E-state index in [-0.39, 0.29) is 25.9 Å². The molecule has 4 nitrogen and oxygen atoms in total. The van der Waals surface area contributed by atoms with E-state index in [0.717, 1.165) is 0 Å². The molecule has 0 radical (unpaired) electrons. The van der Waals surface area contributed by atoms with Crippen LogP contribution >= 0.6 is 0 Å². The van der Waals surface area contributed by atoms with Crippen LogP contribution in [0.3, 0.4) is 0 Å². The van der Waals surface area contributed by atoms with Gasteiger partial charge < -0.3 is 20.4 Å². The second-order valence-electron chi connectivity index (χ2n) is 3.03. The van der Waals surface area contributed by atoms with E-state index in [1.54, 1.807) is 25.2 Å². The van der Waals surface area contributed by atoms with Gasteiger partial charge in [0.15, 0.2) is 0 Å². The summed E-state index contributed by atoms with van der Waals surface area (Å²) in [5.41, 5.74) is 0. The molecule has 0 aliphatic carbocycles. The molecule has 118 valence electrons. The van der Waals surface area contributed by atoms with Gasteiger partial charge in [-0.25, -0.2) is 0 Å². The van der Waals surface area contributed by atoms with Crippen molar-refractivity contribution in [1.82, 2.24) is 0 Å². The fourth-order valence-corrected chi connectivity index (χ4v) is 0.187. The van der Waals surface area contributed by atoms with E-state index >= 15 is 0 Å². The normalized spacial score (nSPS) is 8.21. The SMILES string of the molecule is C=CC.C=CC.C=CC.CC(O)CCO.OCCO. The van der Waals surface area contributed by atoms with Crippen LogP contribution in [0.2, 0.25) is 0 Å². The minimum atomic E-state index is -0.352. The zero-order valence-corrected chi connectivity index (χ0v) is 13.0. The molecular weight excluding hydrogens is 244 g/mol. The Morgan fingerprint density at radius 2 is 1.00 bits per heavy atom. The minimum absolute atomic E-state index is 0.0810. The molecule has 1 atom stereocenters. The maximum atomic E-state index is 8.39. The molecule has 0 spiro atoms. The molecule has 19 heavy (non-hydrogen) atoms. The first-order chi connectivity index (χ1) is 8.93. The lowest BCUT2D eigenvalue weighted by Gasteiger charge is -1.95. The van der Waals surface area contributed by atoms with Gasteiger partial charge in [-0.3, -0.25) is 0 Å². The van der Waals surface area contributed by atoms with Crippen LogP contribution in [0, 0.1) is 0 Å². The van der Waals surface area contributed by atoms with E-state index in [2.05, 4.69) is 19.7 Å². The van der Waals surface area contributed by atoms with Crippen molar-refractivity contribution in [3.8, 4) is 0 Å². The predicted molar refractivity (Wildman–Crippen MR) is 85.2 cm³/mol. The Kier molecular flexibility index (Phi) is 86.9. The monoisotopic (exact) mass is 278 g/mol. The zero-order valence-electron chi connectivity index (χ0n) is 13.0. The second-order valence-corrected chi connectivity index (χ2v) is 3.03. The minimum Gasteiger partial charge on any atom is -0.396 e. The van der Waals surface area contributed by atoms with E-state index in [1.165, 1.54) is 0 Å². The van der Waals surface area contributed by atoms with Crippen LogP contribution in [0.5, 0.6) is 0 Å². The highest BCUT2D eigenvalue weighted by Crippen LogP contribution is 1.83. The first kappa shape index (κ1) is 30.8. The van der Waals surface area contributed by atoms with Crippen molar-refractivity contribution in [3.05, 3.63) is 38.0 Å². The Labute approximate surface area is 119 Å². The molecule has 0 heterocycles. The van der Waals surface area contributed by atoms with Crippen molar-refractivity contribution in [1.29, 1.82) is 0 Å². The third-order valence-electron chi connectivity index (χ3n) is 0.647. The van der Waals surface area contributed by atoms with Crippen LogP contribution in [-0.4, -0.2) is 46.4 Å². The van der Waals surface area contributed by atoms with Crippen LogP contribution in [0.4, 0.5) is 0 Å². The number of aliphatic hydroxyl groups excluding tert-OH is 4. The van der Waals surface area contributed by atoms with Gasteiger partial charge in [-0.1, -0.05) is 18.2 Å².